The largest absolute Gasteiger partial charge is 0.444 e. The van der Waals surface area contributed by atoms with E-state index >= 15 is 0 Å². The van der Waals surface area contributed by atoms with Crippen LogP contribution >= 0.6 is 0 Å². The highest BCUT2D eigenvalue weighted by molar-refractivity contribution is 5.84. The number of primary amides is 1. The maximum absolute atomic E-state index is 11.8. The number of carbonyl (C=O) groups excluding carboxylic acids is 2. The SMILES string of the molecule is CC[C@@H](C(N)=O)N(CC)C(=O)OC(C)(C)C. The van der Waals surface area contributed by atoms with Crippen LogP contribution in [0.25, 0.3) is 0 Å². The molecule has 0 aromatic rings. The molecule has 2 N–H and O–H groups in total. The van der Waals surface area contributed by atoms with E-state index in [9.17, 15) is 9.59 Å². The van der Waals surface area contributed by atoms with Gasteiger partial charge in [-0.3, -0.25) is 9.69 Å². The summed E-state index contributed by atoms with van der Waals surface area (Å²) in [4.78, 5) is 24.3. The average molecular weight is 230 g/mol. The molecule has 1 atom stereocenters. The van der Waals surface area contributed by atoms with Gasteiger partial charge >= 0.3 is 6.09 Å². The molecule has 0 bridgehead atoms. The van der Waals surface area contributed by atoms with Crippen LogP contribution in [0.4, 0.5) is 4.79 Å². The topological polar surface area (TPSA) is 72.6 Å². The van der Waals surface area contributed by atoms with E-state index in [0.717, 1.165) is 0 Å². The summed E-state index contributed by atoms with van der Waals surface area (Å²) < 4.78 is 5.20. The van der Waals surface area contributed by atoms with Crippen molar-refractivity contribution in [3.05, 3.63) is 0 Å². The van der Waals surface area contributed by atoms with Crippen molar-refractivity contribution in [3.8, 4) is 0 Å². The third kappa shape index (κ3) is 4.51. The van der Waals surface area contributed by atoms with E-state index in [1.807, 2.05) is 6.92 Å². The number of nitrogens with two attached hydrogens (primary N) is 1. The van der Waals surface area contributed by atoms with Crippen LogP contribution in [0.2, 0.25) is 0 Å². The first-order valence-electron chi connectivity index (χ1n) is 5.51. The number of carbonyl (C=O) groups is 2. The first-order chi connectivity index (χ1) is 7.22. The Morgan fingerprint density at radius 1 is 1.31 bits per heavy atom. The predicted molar refractivity (Wildman–Crippen MR) is 61.9 cm³/mol. The molecule has 0 spiro atoms. The van der Waals surface area contributed by atoms with Gasteiger partial charge in [0.25, 0.3) is 0 Å². The first-order valence-corrected chi connectivity index (χ1v) is 5.51. The third-order valence-electron chi connectivity index (χ3n) is 2.06. The maximum atomic E-state index is 11.8. The van der Waals surface area contributed by atoms with Crippen molar-refractivity contribution in [1.82, 2.24) is 4.90 Å². The Hall–Kier alpha value is -1.26. The Morgan fingerprint density at radius 2 is 1.81 bits per heavy atom. The van der Waals surface area contributed by atoms with Gasteiger partial charge in [-0.25, -0.2) is 4.79 Å². The summed E-state index contributed by atoms with van der Waals surface area (Å²) in [6.45, 7) is 9.34. The monoisotopic (exact) mass is 230 g/mol. The Bertz CT molecular complexity index is 258. The lowest BCUT2D eigenvalue weighted by Gasteiger charge is -2.30. The van der Waals surface area contributed by atoms with E-state index in [4.69, 9.17) is 10.5 Å². The van der Waals surface area contributed by atoms with Crippen LogP contribution in [0.15, 0.2) is 0 Å². The lowest BCUT2D eigenvalue weighted by molar-refractivity contribution is -0.123. The molecule has 0 rings (SSSR count). The van der Waals surface area contributed by atoms with Gasteiger partial charge in [-0.1, -0.05) is 6.92 Å². The molecule has 0 aliphatic carbocycles. The van der Waals surface area contributed by atoms with Gasteiger partial charge < -0.3 is 10.5 Å². The minimum Gasteiger partial charge on any atom is -0.444 e. The highest BCUT2D eigenvalue weighted by atomic mass is 16.6. The van der Waals surface area contributed by atoms with Gasteiger partial charge in [0.1, 0.15) is 11.6 Å². The van der Waals surface area contributed by atoms with Crippen LogP contribution < -0.4 is 5.73 Å². The average Bonchev–Trinajstić information content (AvgIpc) is 2.09. The number of amides is 2. The van der Waals surface area contributed by atoms with Gasteiger partial charge in [0, 0.05) is 6.54 Å². The summed E-state index contributed by atoms with van der Waals surface area (Å²) in [6, 6.07) is -0.597. The number of ether oxygens (including phenoxy) is 1. The second kappa shape index (κ2) is 5.72. The quantitative estimate of drug-likeness (QED) is 0.795. The summed E-state index contributed by atoms with van der Waals surface area (Å²) in [6.07, 6.45) is -0.0109. The number of hydrogen-bond donors (Lipinski definition) is 1. The predicted octanol–water partition coefficient (Wildman–Crippen LogP) is 1.51. The zero-order valence-electron chi connectivity index (χ0n) is 10.7. The van der Waals surface area contributed by atoms with Crippen LogP contribution in [-0.2, 0) is 9.53 Å². The van der Waals surface area contributed by atoms with Gasteiger partial charge in [0.2, 0.25) is 5.91 Å². The van der Waals surface area contributed by atoms with Crippen LogP contribution in [0.3, 0.4) is 0 Å². The molecule has 0 aliphatic rings. The normalized spacial score (nSPS) is 13.1. The number of hydrogen-bond acceptors (Lipinski definition) is 3. The fourth-order valence-corrected chi connectivity index (χ4v) is 1.37. The highest BCUT2D eigenvalue weighted by Gasteiger charge is 2.29. The van der Waals surface area contributed by atoms with Crippen molar-refractivity contribution in [3.63, 3.8) is 0 Å². The zero-order chi connectivity index (χ0) is 12.9. The standard InChI is InChI=1S/C11H22N2O3/c1-6-8(9(12)14)13(7-2)10(15)16-11(3,4)5/h8H,6-7H2,1-5H3,(H2,12,14)/t8-/m0/s1. The van der Waals surface area contributed by atoms with E-state index in [2.05, 4.69) is 0 Å². The molecule has 0 fully saturated rings. The van der Waals surface area contributed by atoms with Gasteiger partial charge in [0.05, 0.1) is 0 Å². The Labute approximate surface area is 96.9 Å². The van der Waals surface area contributed by atoms with Gasteiger partial charge in [-0.05, 0) is 34.1 Å². The minimum absolute atomic E-state index is 0.399. The molecule has 5 nitrogen and oxygen atoms in total. The lowest BCUT2D eigenvalue weighted by Crippen LogP contribution is -2.49. The van der Waals surface area contributed by atoms with E-state index in [0.29, 0.717) is 13.0 Å². The van der Waals surface area contributed by atoms with Gasteiger partial charge in [0.15, 0.2) is 0 Å². The summed E-state index contributed by atoms with van der Waals surface area (Å²) in [5.74, 6) is -0.504. The zero-order valence-corrected chi connectivity index (χ0v) is 10.7. The van der Waals surface area contributed by atoms with Crippen molar-refractivity contribution in [2.45, 2.75) is 52.7 Å². The van der Waals surface area contributed by atoms with Crippen LogP contribution in [0.5, 0.6) is 0 Å². The lowest BCUT2D eigenvalue weighted by atomic mass is 10.2. The Kier molecular flexibility index (Phi) is 5.27. The number of rotatable bonds is 4. The van der Waals surface area contributed by atoms with Crippen LogP contribution in [-0.4, -0.2) is 35.1 Å². The molecule has 0 heterocycles. The first kappa shape index (κ1) is 14.7. The highest BCUT2D eigenvalue weighted by Crippen LogP contribution is 2.13. The van der Waals surface area contributed by atoms with E-state index in [-0.39, 0.29) is 0 Å². The fraction of sp³-hybridized carbons (Fsp3) is 0.818. The van der Waals surface area contributed by atoms with Crippen molar-refractivity contribution in [1.29, 1.82) is 0 Å². The summed E-state index contributed by atoms with van der Waals surface area (Å²) in [5.41, 5.74) is 4.67. The molecule has 94 valence electrons. The molecule has 0 saturated heterocycles. The minimum atomic E-state index is -0.597. The molecule has 2 amide bonds. The van der Waals surface area contributed by atoms with Crippen molar-refractivity contribution < 1.29 is 14.3 Å². The van der Waals surface area contributed by atoms with Crippen molar-refractivity contribution >= 4 is 12.0 Å². The van der Waals surface area contributed by atoms with E-state index in [1.54, 1.807) is 27.7 Å². The van der Waals surface area contributed by atoms with Crippen molar-refractivity contribution in [2.24, 2.45) is 5.73 Å². The van der Waals surface area contributed by atoms with Crippen LogP contribution in [0.1, 0.15) is 41.0 Å². The summed E-state index contributed by atoms with van der Waals surface area (Å²) in [7, 11) is 0. The van der Waals surface area contributed by atoms with E-state index < -0.39 is 23.6 Å². The fourth-order valence-electron chi connectivity index (χ4n) is 1.37. The van der Waals surface area contributed by atoms with Crippen LogP contribution in [0, 0.1) is 0 Å². The van der Waals surface area contributed by atoms with Gasteiger partial charge in [-0.2, -0.15) is 0 Å². The molecule has 0 aromatic carbocycles. The smallest absolute Gasteiger partial charge is 0.410 e. The van der Waals surface area contributed by atoms with E-state index in [1.165, 1.54) is 4.90 Å². The molecular weight excluding hydrogens is 208 g/mol. The maximum Gasteiger partial charge on any atom is 0.410 e. The molecule has 0 saturated carbocycles. The second-order valence-electron chi connectivity index (χ2n) is 4.59. The molecule has 16 heavy (non-hydrogen) atoms. The molecule has 5 heteroatoms. The Balaban J connectivity index is 4.71. The summed E-state index contributed by atoms with van der Waals surface area (Å²) >= 11 is 0. The molecule has 0 unspecified atom stereocenters. The number of nitrogens with zero attached hydrogens (tertiary/aromatic N) is 1. The van der Waals surface area contributed by atoms with Crippen molar-refractivity contribution in [2.75, 3.05) is 6.54 Å². The summed E-state index contributed by atoms with van der Waals surface area (Å²) in [5, 5.41) is 0. The van der Waals surface area contributed by atoms with Gasteiger partial charge in [-0.15, -0.1) is 0 Å². The molecule has 0 radical (unpaired) electrons. The third-order valence-corrected chi connectivity index (χ3v) is 2.06. The molecule has 0 aromatic heterocycles. The molecular formula is C11H22N2O3. The number of likely N-dealkylation sites (N-methyl/N-ethyl adjacent to an activating group) is 1. The molecule has 0 aliphatic heterocycles. The Morgan fingerprint density at radius 3 is 2.06 bits per heavy atom. The second-order valence-corrected chi connectivity index (χ2v) is 4.59.